The van der Waals surface area contributed by atoms with Crippen molar-refractivity contribution in [3.8, 4) is 0 Å². The number of hydrogen-bond acceptors (Lipinski definition) is 3. The molecule has 0 heterocycles. The van der Waals surface area contributed by atoms with Crippen LogP contribution in [0, 0.1) is 0 Å². The molecule has 0 saturated heterocycles. The molecule has 10 heteroatoms. The third-order valence-electron chi connectivity index (χ3n) is 4.86. The van der Waals surface area contributed by atoms with Crippen LogP contribution in [0.4, 0.5) is 0 Å². The predicted molar refractivity (Wildman–Crippen MR) is 134 cm³/mol. The molecule has 0 aliphatic heterocycles. The molecule has 0 aliphatic rings. The van der Waals surface area contributed by atoms with E-state index in [2.05, 4.69) is 5.32 Å². The lowest BCUT2D eigenvalue weighted by Gasteiger charge is -2.23. The molecule has 0 aromatic heterocycles. The van der Waals surface area contributed by atoms with Crippen molar-refractivity contribution in [3.05, 3.63) is 97.9 Å². The number of sulfonamides is 1. The Morgan fingerprint density at radius 2 is 1.45 bits per heavy atom. The monoisotopic (exact) mass is 544 g/mol. The summed E-state index contributed by atoms with van der Waals surface area (Å²) in [5, 5.41) is 4.45. The van der Waals surface area contributed by atoms with E-state index >= 15 is 0 Å². The molecule has 1 N–H and O–H groups in total. The Bertz CT molecular complexity index is 1230. The second-order valence-electron chi connectivity index (χ2n) is 7.32. The molecule has 0 unspecified atom stereocenters. The largest absolute Gasteiger partial charge is 0.348 e. The quantitative estimate of drug-likeness (QED) is 0.357. The topological polar surface area (TPSA) is 66.5 Å². The van der Waals surface area contributed by atoms with E-state index in [1.54, 1.807) is 49.4 Å². The summed E-state index contributed by atoms with van der Waals surface area (Å²) in [5.74, 6) is -0.463. The van der Waals surface area contributed by atoms with Gasteiger partial charge in [0.15, 0.2) is 0 Å². The molecular weight excluding hydrogens is 526 g/mol. The van der Waals surface area contributed by atoms with E-state index in [4.69, 9.17) is 46.4 Å². The van der Waals surface area contributed by atoms with Gasteiger partial charge in [0.05, 0.1) is 27.5 Å². The van der Waals surface area contributed by atoms with Crippen LogP contribution in [0.3, 0.4) is 0 Å². The number of amides is 1. The zero-order valence-electron chi connectivity index (χ0n) is 17.4. The Morgan fingerprint density at radius 1 is 0.879 bits per heavy atom. The van der Waals surface area contributed by atoms with Gasteiger partial charge in [0, 0.05) is 16.6 Å². The molecule has 1 atom stereocenters. The molecule has 0 aliphatic carbocycles. The lowest BCUT2D eigenvalue weighted by molar-refractivity contribution is -0.122. The van der Waals surface area contributed by atoms with E-state index in [0.29, 0.717) is 25.7 Å². The molecule has 1 amide bonds. The van der Waals surface area contributed by atoms with Gasteiger partial charge >= 0.3 is 0 Å². The molecule has 0 bridgehead atoms. The van der Waals surface area contributed by atoms with Crippen molar-refractivity contribution in [3.63, 3.8) is 0 Å². The zero-order chi connectivity index (χ0) is 24.2. The maximum absolute atomic E-state index is 13.4. The van der Waals surface area contributed by atoms with Crippen LogP contribution in [-0.4, -0.2) is 25.2 Å². The Balaban J connectivity index is 1.85. The van der Waals surface area contributed by atoms with Gasteiger partial charge in [-0.1, -0.05) is 64.6 Å². The molecule has 0 fully saturated rings. The van der Waals surface area contributed by atoms with Crippen LogP contribution in [-0.2, 0) is 21.4 Å². The molecule has 0 radical (unpaired) electrons. The third-order valence-corrected chi connectivity index (χ3v) is 7.91. The molecule has 0 spiro atoms. The lowest BCUT2D eigenvalue weighted by atomic mass is 10.1. The van der Waals surface area contributed by atoms with Crippen molar-refractivity contribution in [2.45, 2.75) is 24.4 Å². The molecule has 3 aromatic carbocycles. The van der Waals surface area contributed by atoms with Crippen molar-refractivity contribution in [2.75, 3.05) is 6.54 Å². The SMILES string of the molecule is C[C@H](NC(=O)CN(Cc1ccc(Cl)c(Cl)c1)S(=O)(=O)c1ccc(Cl)cc1)c1ccc(Cl)cc1. The average Bonchev–Trinajstić information content (AvgIpc) is 2.76. The van der Waals surface area contributed by atoms with Crippen molar-refractivity contribution < 1.29 is 13.2 Å². The highest BCUT2D eigenvalue weighted by Gasteiger charge is 2.27. The van der Waals surface area contributed by atoms with Gasteiger partial charge in [0.25, 0.3) is 0 Å². The number of benzene rings is 3. The molecule has 33 heavy (non-hydrogen) atoms. The first-order valence-corrected chi connectivity index (χ1v) is 12.8. The van der Waals surface area contributed by atoms with E-state index in [0.717, 1.165) is 9.87 Å². The van der Waals surface area contributed by atoms with Gasteiger partial charge in [-0.25, -0.2) is 8.42 Å². The van der Waals surface area contributed by atoms with Crippen molar-refractivity contribution in [1.82, 2.24) is 9.62 Å². The van der Waals surface area contributed by atoms with Crippen LogP contribution in [0.2, 0.25) is 20.1 Å². The molecular formula is C23H20Cl4N2O3S. The first-order valence-electron chi connectivity index (χ1n) is 9.81. The fourth-order valence-corrected chi connectivity index (χ4v) is 5.06. The van der Waals surface area contributed by atoms with Crippen molar-refractivity contribution >= 4 is 62.3 Å². The molecule has 3 aromatic rings. The number of hydrogen-bond donors (Lipinski definition) is 1. The Morgan fingerprint density at radius 3 is 2.03 bits per heavy atom. The summed E-state index contributed by atoms with van der Waals surface area (Å²) < 4.78 is 27.8. The molecule has 3 rings (SSSR count). The smallest absolute Gasteiger partial charge is 0.243 e. The predicted octanol–water partition coefficient (Wildman–Crippen LogP) is 6.37. The lowest BCUT2D eigenvalue weighted by Crippen LogP contribution is -2.41. The zero-order valence-corrected chi connectivity index (χ0v) is 21.3. The minimum Gasteiger partial charge on any atom is -0.348 e. The van der Waals surface area contributed by atoms with Gasteiger partial charge < -0.3 is 5.32 Å². The first-order chi connectivity index (χ1) is 15.6. The first kappa shape index (κ1) is 25.8. The number of nitrogens with zero attached hydrogens (tertiary/aromatic N) is 1. The molecule has 5 nitrogen and oxygen atoms in total. The molecule has 0 saturated carbocycles. The van der Waals surface area contributed by atoms with Crippen LogP contribution in [0.25, 0.3) is 0 Å². The maximum atomic E-state index is 13.4. The van der Waals surface area contributed by atoms with Crippen molar-refractivity contribution in [1.29, 1.82) is 0 Å². The standard InChI is InChI=1S/C23H20Cl4N2O3S/c1-15(17-3-5-18(24)6-4-17)28-23(30)14-29(13-16-2-11-21(26)22(27)12-16)33(31,32)20-9-7-19(25)8-10-20/h2-12,15H,13-14H2,1H3,(H,28,30)/t15-/m0/s1. The highest BCUT2D eigenvalue weighted by atomic mass is 35.5. The molecule has 174 valence electrons. The number of carbonyl (C=O) groups is 1. The van der Waals surface area contributed by atoms with Gasteiger partial charge in [-0.15, -0.1) is 0 Å². The van der Waals surface area contributed by atoms with Crippen molar-refractivity contribution in [2.24, 2.45) is 0 Å². The second kappa shape index (κ2) is 11.1. The van der Waals surface area contributed by atoms with Crippen LogP contribution in [0.1, 0.15) is 24.1 Å². The maximum Gasteiger partial charge on any atom is 0.243 e. The van der Waals surface area contributed by atoms with Gasteiger partial charge in [-0.2, -0.15) is 4.31 Å². The van der Waals surface area contributed by atoms with Crippen LogP contribution in [0.5, 0.6) is 0 Å². The van der Waals surface area contributed by atoms with E-state index in [1.165, 1.54) is 24.3 Å². The summed E-state index contributed by atoms with van der Waals surface area (Å²) in [6, 6.07) is 17.3. The van der Waals surface area contributed by atoms with Gasteiger partial charge in [-0.3, -0.25) is 4.79 Å². The van der Waals surface area contributed by atoms with Crippen LogP contribution < -0.4 is 5.32 Å². The normalized spacial score (nSPS) is 12.5. The minimum absolute atomic E-state index is 0.0190. The number of carbonyl (C=O) groups excluding carboxylic acids is 1. The number of nitrogens with one attached hydrogen (secondary N) is 1. The number of halogens is 4. The highest BCUT2D eigenvalue weighted by Crippen LogP contribution is 2.26. The third kappa shape index (κ3) is 6.85. The fourth-order valence-electron chi connectivity index (χ4n) is 3.11. The summed E-state index contributed by atoms with van der Waals surface area (Å²) in [6.07, 6.45) is 0. The van der Waals surface area contributed by atoms with E-state index in [-0.39, 0.29) is 17.5 Å². The van der Waals surface area contributed by atoms with Gasteiger partial charge in [0.1, 0.15) is 0 Å². The van der Waals surface area contributed by atoms with Gasteiger partial charge in [0.2, 0.25) is 15.9 Å². The van der Waals surface area contributed by atoms with E-state index in [1.807, 2.05) is 0 Å². The van der Waals surface area contributed by atoms with E-state index < -0.39 is 22.5 Å². The summed E-state index contributed by atoms with van der Waals surface area (Å²) in [5.41, 5.74) is 1.42. The summed E-state index contributed by atoms with van der Waals surface area (Å²) in [6.45, 7) is 1.33. The summed E-state index contributed by atoms with van der Waals surface area (Å²) in [7, 11) is -4.02. The second-order valence-corrected chi connectivity index (χ2v) is 10.9. The highest BCUT2D eigenvalue weighted by molar-refractivity contribution is 7.89. The van der Waals surface area contributed by atoms with E-state index in [9.17, 15) is 13.2 Å². The minimum atomic E-state index is -4.02. The summed E-state index contributed by atoms with van der Waals surface area (Å²) in [4.78, 5) is 12.9. The summed E-state index contributed by atoms with van der Waals surface area (Å²) >= 11 is 23.9. The van der Waals surface area contributed by atoms with Crippen LogP contribution >= 0.6 is 46.4 Å². The van der Waals surface area contributed by atoms with Gasteiger partial charge in [-0.05, 0) is 66.6 Å². The average molecular weight is 546 g/mol. The Kier molecular flexibility index (Phi) is 8.67. The van der Waals surface area contributed by atoms with Crippen LogP contribution in [0.15, 0.2) is 71.6 Å². The Hall–Kier alpha value is -1.80. The fraction of sp³-hybridized carbons (Fsp3) is 0.174. The Labute approximate surface area is 213 Å². The number of rotatable bonds is 8.